The van der Waals surface area contributed by atoms with Crippen LogP contribution in [0.15, 0.2) is 47.4 Å². The predicted molar refractivity (Wildman–Crippen MR) is 142 cm³/mol. The molecule has 0 radical (unpaired) electrons. The van der Waals surface area contributed by atoms with Crippen molar-refractivity contribution in [3.05, 3.63) is 58.5 Å². The van der Waals surface area contributed by atoms with Crippen LogP contribution in [-0.4, -0.2) is 52.8 Å². The van der Waals surface area contributed by atoms with Crippen LogP contribution in [0.1, 0.15) is 41.6 Å². The van der Waals surface area contributed by atoms with E-state index >= 15 is 0 Å². The topological polar surface area (TPSA) is 117 Å². The number of para-hydroxylation sites is 1. The molecule has 0 aliphatic carbocycles. The lowest BCUT2D eigenvalue weighted by molar-refractivity contribution is -0.123. The molecule has 3 N–H and O–H groups in total. The molecule has 1 aliphatic rings. The van der Waals surface area contributed by atoms with Crippen LogP contribution >= 0.6 is 24.0 Å². The fraction of sp³-hybridized carbons (Fsp3) is 0.280. The highest BCUT2D eigenvalue weighted by Gasteiger charge is 2.31. The Kier molecular flexibility index (Phi) is 9.71. The Bertz CT molecular complexity index is 1180. The number of rotatable bonds is 10. The quantitative estimate of drug-likeness (QED) is 0.185. The highest BCUT2D eigenvalue weighted by Crippen LogP contribution is 2.34. The average Bonchev–Trinajstić information content (AvgIpc) is 3.14. The number of hydrogen-bond acceptors (Lipinski definition) is 8. The number of benzene rings is 2. The fourth-order valence-corrected chi connectivity index (χ4v) is 4.75. The van der Waals surface area contributed by atoms with Gasteiger partial charge < -0.3 is 14.6 Å². The number of aromatic hydroxyl groups is 1. The van der Waals surface area contributed by atoms with Gasteiger partial charge in [0.2, 0.25) is 5.91 Å². The molecule has 1 heterocycles. The van der Waals surface area contributed by atoms with Gasteiger partial charge in [-0.25, -0.2) is 0 Å². The third-order valence-electron chi connectivity index (χ3n) is 5.33. The number of phenols is 1. The summed E-state index contributed by atoms with van der Waals surface area (Å²) in [5.41, 5.74) is 5.49. The molecule has 36 heavy (non-hydrogen) atoms. The molecule has 0 aromatic heterocycles. The van der Waals surface area contributed by atoms with Gasteiger partial charge in [-0.15, -0.1) is 0 Å². The highest BCUT2D eigenvalue weighted by molar-refractivity contribution is 8.26. The molecule has 3 amide bonds. The van der Waals surface area contributed by atoms with Crippen LogP contribution in [0.5, 0.6) is 17.2 Å². The summed E-state index contributed by atoms with van der Waals surface area (Å²) in [6, 6.07) is 11.5. The van der Waals surface area contributed by atoms with Crippen molar-refractivity contribution < 1.29 is 29.0 Å². The van der Waals surface area contributed by atoms with Crippen LogP contribution in [0.4, 0.5) is 0 Å². The smallest absolute Gasteiger partial charge is 0.273 e. The molecule has 0 unspecified atom stereocenters. The number of methoxy groups -OCH3 is 2. The van der Waals surface area contributed by atoms with Crippen LogP contribution in [0.2, 0.25) is 0 Å². The molecule has 9 nitrogen and oxygen atoms in total. The summed E-state index contributed by atoms with van der Waals surface area (Å²) in [7, 11) is 3.11. The summed E-state index contributed by atoms with van der Waals surface area (Å²) in [6.45, 7) is 0.458. The Morgan fingerprint density at radius 2 is 1.81 bits per heavy atom. The van der Waals surface area contributed by atoms with Crippen LogP contribution < -0.4 is 20.3 Å². The maximum absolute atomic E-state index is 12.8. The number of carbonyl (C=O) groups is 3. The van der Waals surface area contributed by atoms with E-state index in [-0.39, 0.29) is 29.5 Å². The van der Waals surface area contributed by atoms with Gasteiger partial charge >= 0.3 is 0 Å². The first-order valence-corrected chi connectivity index (χ1v) is 12.4. The number of hydrogen-bond donors (Lipinski definition) is 3. The first-order chi connectivity index (χ1) is 17.3. The number of amides is 3. The lowest BCUT2D eigenvalue weighted by Crippen LogP contribution is -2.41. The summed E-state index contributed by atoms with van der Waals surface area (Å²) >= 11 is 6.64. The maximum atomic E-state index is 12.8. The molecule has 1 fully saturated rings. The number of nitrogens with zero attached hydrogens (tertiary/aromatic N) is 1. The second kappa shape index (κ2) is 12.9. The molecule has 0 atom stereocenters. The number of thiocarbonyl (C=S) groups is 1. The van der Waals surface area contributed by atoms with Crippen LogP contribution in [0.25, 0.3) is 6.08 Å². The van der Waals surface area contributed by atoms with E-state index in [2.05, 4.69) is 10.9 Å². The van der Waals surface area contributed by atoms with E-state index < -0.39 is 5.91 Å². The molecule has 0 bridgehead atoms. The minimum atomic E-state index is -0.600. The van der Waals surface area contributed by atoms with Crippen molar-refractivity contribution in [1.82, 2.24) is 15.8 Å². The first-order valence-electron chi connectivity index (χ1n) is 11.2. The Hall–Kier alpha value is -3.57. The van der Waals surface area contributed by atoms with E-state index in [1.54, 1.807) is 49.5 Å². The molecule has 11 heteroatoms. The molecule has 1 saturated heterocycles. The molecule has 0 spiro atoms. The zero-order valence-corrected chi connectivity index (χ0v) is 21.5. The SMILES string of the molecule is COc1ccc(/C=C2\SC(=S)N(CCCCCC(=O)NNC(=O)c3ccccc3O)C2=O)cc1OC. The van der Waals surface area contributed by atoms with Crippen LogP contribution in [0.3, 0.4) is 0 Å². The van der Waals surface area contributed by atoms with E-state index in [1.165, 1.54) is 23.9 Å². The normalized spacial score (nSPS) is 14.2. The number of nitrogens with one attached hydrogen (secondary N) is 2. The Morgan fingerprint density at radius 1 is 1.06 bits per heavy atom. The number of ether oxygens (including phenoxy) is 2. The van der Waals surface area contributed by atoms with Crippen LogP contribution in [-0.2, 0) is 9.59 Å². The summed E-state index contributed by atoms with van der Waals surface area (Å²) in [6.07, 6.45) is 3.93. The van der Waals surface area contributed by atoms with Gasteiger partial charge in [0.1, 0.15) is 10.1 Å². The molecule has 3 rings (SSSR count). The third-order valence-corrected chi connectivity index (χ3v) is 6.71. The summed E-state index contributed by atoms with van der Waals surface area (Å²) in [5.74, 6) is -0.0839. The van der Waals surface area contributed by atoms with E-state index in [4.69, 9.17) is 21.7 Å². The molecule has 0 saturated carbocycles. The van der Waals surface area contributed by atoms with Gasteiger partial charge in [0.05, 0.1) is 24.7 Å². The minimum Gasteiger partial charge on any atom is -0.507 e. The number of hydrazine groups is 1. The standard InChI is InChI=1S/C25H27N3O6S2/c1-33-19-12-11-16(14-20(19)34-2)15-21-24(32)28(25(35)36-21)13-7-3-4-10-22(30)26-27-23(31)17-8-5-6-9-18(17)29/h5-6,8-9,11-12,14-15,29H,3-4,7,10,13H2,1-2H3,(H,26,30)(H,27,31)/b21-15-. The van der Waals surface area contributed by atoms with Crippen molar-refractivity contribution >= 4 is 52.1 Å². The molecule has 1 aliphatic heterocycles. The fourth-order valence-electron chi connectivity index (χ4n) is 3.44. The monoisotopic (exact) mass is 529 g/mol. The van der Waals surface area contributed by atoms with E-state index in [1.807, 2.05) is 6.07 Å². The van der Waals surface area contributed by atoms with Crippen molar-refractivity contribution in [2.75, 3.05) is 20.8 Å². The first kappa shape index (κ1) is 27.0. The van der Waals surface area contributed by atoms with E-state index in [0.717, 1.165) is 5.56 Å². The highest BCUT2D eigenvalue weighted by atomic mass is 32.2. The van der Waals surface area contributed by atoms with Gasteiger partial charge in [0.15, 0.2) is 11.5 Å². The zero-order valence-electron chi connectivity index (χ0n) is 19.9. The van der Waals surface area contributed by atoms with Crippen LogP contribution in [0, 0.1) is 0 Å². The lowest BCUT2D eigenvalue weighted by Gasteiger charge is -2.14. The third kappa shape index (κ3) is 6.98. The Morgan fingerprint density at radius 3 is 2.53 bits per heavy atom. The number of thioether (sulfide) groups is 1. The van der Waals surface area contributed by atoms with Crippen molar-refractivity contribution in [2.24, 2.45) is 0 Å². The maximum Gasteiger partial charge on any atom is 0.273 e. The van der Waals surface area contributed by atoms with E-state index in [9.17, 15) is 19.5 Å². The minimum absolute atomic E-state index is 0.0708. The summed E-state index contributed by atoms with van der Waals surface area (Å²) < 4.78 is 11.1. The predicted octanol–water partition coefficient (Wildman–Crippen LogP) is 3.63. The molecular weight excluding hydrogens is 502 g/mol. The largest absolute Gasteiger partial charge is 0.507 e. The molecular formula is C25H27N3O6S2. The van der Waals surface area contributed by atoms with Crippen molar-refractivity contribution in [3.8, 4) is 17.2 Å². The molecule has 2 aromatic rings. The zero-order chi connectivity index (χ0) is 26.1. The van der Waals surface area contributed by atoms with Gasteiger partial charge in [-0.05, 0) is 48.7 Å². The van der Waals surface area contributed by atoms with Crippen molar-refractivity contribution in [3.63, 3.8) is 0 Å². The lowest BCUT2D eigenvalue weighted by atomic mass is 10.1. The number of unbranched alkanes of at least 4 members (excludes halogenated alkanes) is 2. The van der Waals surface area contributed by atoms with Gasteiger partial charge in [-0.3, -0.25) is 30.1 Å². The second-order valence-electron chi connectivity index (χ2n) is 7.78. The van der Waals surface area contributed by atoms with Gasteiger partial charge in [0.25, 0.3) is 11.8 Å². The number of carbonyl (C=O) groups excluding carboxylic acids is 3. The second-order valence-corrected chi connectivity index (χ2v) is 9.45. The molecule has 190 valence electrons. The Labute approximate surface area is 218 Å². The van der Waals surface area contributed by atoms with Gasteiger partial charge in [-0.2, -0.15) is 0 Å². The van der Waals surface area contributed by atoms with Gasteiger partial charge in [-0.1, -0.05) is 48.6 Å². The summed E-state index contributed by atoms with van der Waals surface area (Å²) in [5, 5.41) is 9.68. The van der Waals surface area contributed by atoms with Gasteiger partial charge in [0, 0.05) is 13.0 Å². The summed E-state index contributed by atoms with van der Waals surface area (Å²) in [4.78, 5) is 38.9. The average molecular weight is 530 g/mol. The van der Waals surface area contributed by atoms with Crippen molar-refractivity contribution in [2.45, 2.75) is 25.7 Å². The van der Waals surface area contributed by atoms with Crippen molar-refractivity contribution in [1.29, 1.82) is 0 Å². The Balaban J connectivity index is 1.41. The molecule has 2 aromatic carbocycles. The van der Waals surface area contributed by atoms with E-state index in [0.29, 0.717) is 46.5 Å². The number of phenolic OH excluding ortho intramolecular Hbond substituents is 1.